The Hall–Kier alpha value is -2.93. The lowest BCUT2D eigenvalue weighted by molar-refractivity contribution is 0.174. The molecule has 4 heteroatoms. The van der Waals surface area contributed by atoms with E-state index in [-0.39, 0.29) is 6.79 Å². The molecule has 0 amide bonds. The maximum Gasteiger partial charge on any atom is 0.231 e. The lowest BCUT2D eigenvalue weighted by atomic mass is 10.0. The number of hydrogen-bond donors (Lipinski definition) is 0. The van der Waals surface area contributed by atoms with Crippen LogP contribution in [0.5, 0.6) is 17.2 Å². The summed E-state index contributed by atoms with van der Waals surface area (Å²) < 4.78 is 16.3. The van der Waals surface area contributed by atoms with Gasteiger partial charge >= 0.3 is 0 Å². The fraction of sp³-hybridized carbons (Fsp3) is 0.118. The van der Waals surface area contributed by atoms with Gasteiger partial charge in [0.25, 0.3) is 0 Å². The molecular formula is C17H11NO3. The summed E-state index contributed by atoms with van der Waals surface area (Å²) in [6.45, 7) is 0.214. The molecule has 0 aromatic heterocycles. The van der Waals surface area contributed by atoms with Gasteiger partial charge in [-0.2, -0.15) is 5.26 Å². The third-order valence-corrected chi connectivity index (χ3v) is 3.82. The van der Waals surface area contributed by atoms with Gasteiger partial charge in [0.05, 0.1) is 13.2 Å². The van der Waals surface area contributed by atoms with Gasteiger partial charge in [-0.25, -0.2) is 0 Å². The molecule has 21 heavy (non-hydrogen) atoms. The lowest BCUT2D eigenvalue weighted by Crippen LogP contribution is -1.94. The van der Waals surface area contributed by atoms with Gasteiger partial charge in [-0.3, -0.25) is 0 Å². The van der Waals surface area contributed by atoms with Gasteiger partial charge in [-0.1, -0.05) is 6.07 Å². The fourth-order valence-electron chi connectivity index (χ4n) is 2.92. The smallest absolute Gasteiger partial charge is 0.231 e. The Labute approximate surface area is 121 Å². The van der Waals surface area contributed by atoms with Crippen molar-refractivity contribution in [3.8, 4) is 34.4 Å². The predicted molar refractivity (Wildman–Crippen MR) is 77.2 cm³/mol. The average molecular weight is 277 g/mol. The molecule has 2 aromatic rings. The highest BCUT2D eigenvalue weighted by molar-refractivity contribution is 6.04. The number of rotatable bonds is 1. The maximum absolute atomic E-state index is 9.12. The van der Waals surface area contributed by atoms with Crippen LogP contribution in [0.15, 0.2) is 36.4 Å². The van der Waals surface area contributed by atoms with Crippen molar-refractivity contribution in [2.24, 2.45) is 0 Å². The summed E-state index contributed by atoms with van der Waals surface area (Å²) >= 11 is 0. The number of methoxy groups -OCH3 is 1. The quantitative estimate of drug-likeness (QED) is 0.640. The highest BCUT2D eigenvalue weighted by atomic mass is 16.7. The second kappa shape index (κ2) is 4.29. The Morgan fingerprint density at radius 1 is 1.14 bits per heavy atom. The van der Waals surface area contributed by atoms with Gasteiger partial charge in [-0.05, 0) is 41.0 Å². The molecular weight excluding hydrogens is 266 g/mol. The van der Waals surface area contributed by atoms with Crippen LogP contribution in [0.4, 0.5) is 0 Å². The van der Waals surface area contributed by atoms with E-state index in [0.29, 0.717) is 5.75 Å². The van der Waals surface area contributed by atoms with Crippen molar-refractivity contribution in [3.63, 3.8) is 0 Å². The monoisotopic (exact) mass is 277 g/mol. The molecule has 0 saturated heterocycles. The molecule has 102 valence electrons. The molecule has 1 aliphatic carbocycles. The number of fused-ring (bicyclic) bond motifs is 5. The molecule has 0 bridgehead atoms. The van der Waals surface area contributed by atoms with E-state index in [0.717, 1.165) is 39.3 Å². The van der Waals surface area contributed by atoms with E-state index in [2.05, 4.69) is 6.07 Å². The Morgan fingerprint density at radius 3 is 2.81 bits per heavy atom. The standard InChI is InChI=1S/C17H11NO3/c1-19-10-2-3-11-12-4-5-15-17(21-9-20-15)16(12)13(6-7-18)14(11)8-10/h2-6,8H,9H2,1H3/b13-6+. The molecule has 0 atom stereocenters. The molecule has 0 saturated carbocycles. The Bertz CT molecular complexity index is 831. The van der Waals surface area contributed by atoms with E-state index in [4.69, 9.17) is 19.5 Å². The zero-order chi connectivity index (χ0) is 14.4. The van der Waals surface area contributed by atoms with Crippen LogP contribution in [-0.2, 0) is 0 Å². The predicted octanol–water partition coefficient (Wildman–Crippen LogP) is 3.36. The summed E-state index contributed by atoms with van der Waals surface area (Å²) in [4.78, 5) is 0. The minimum absolute atomic E-state index is 0.214. The summed E-state index contributed by atoms with van der Waals surface area (Å²) in [5.41, 5.74) is 4.89. The van der Waals surface area contributed by atoms with Crippen molar-refractivity contribution in [2.75, 3.05) is 13.9 Å². The first-order valence-electron chi connectivity index (χ1n) is 6.55. The van der Waals surface area contributed by atoms with E-state index in [1.807, 2.05) is 30.3 Å². The molecule has 1 aliphatic heterocycles. The summed E-state index contributed by atoms with van der Waals surface area (Å²) in [5, 5.41) is 9.12. The third-order valence-electron chi connectivity index (χ3n) is 3.82. The second-order valence-electron chi connectivity index (χ2n) is 4.82. The van der Waals surface area contributed by atoms with E-state index < -0.39 is 0 Å². The van der Waals surface area contributed by atoms with Gasteiger partial charge in [0.1, 0.15) is 5.75 Å². The maximum atomic E-state index is 9.12. The number of nitrogens with zero attached hydrogens (tertiary/aromatic N) is 1. The second-order valence-corrected chi connectivity index (χ2v) is 4.82. The molecule has 0 fully saturated rings. The van der Waals surface area contributed by atoms with E-state index in [1.54, 1.807) is 13.2 Å². The van der Waals surface area contributed by atoms with Crippen molar-refractivity contribution in [1.82, 2.24) is 0 Å². The van der Waals surface area contributed by atoms with Crippen molar-refractivity contribution >= 4 is 5.57 Å². The Kier molecular flexibility index (Phi) is 2.42. The highest BCUT2D eigenvalue weighted by Crippen LogP contribution is 2.53. The largest absolute Gasteiger partial charge is 0.497 e. The molecule has 0 radical (unpaired) electrons. The zero-order valence-electron chi connectivity index (χ0n) is 11.3. The van der Waals surface area contributed by atoms with Crippen LogP contribution in [0, 0.1) is 11.3 Å². The number of ether oxygens (including phenoxy) is 3. The first-order valence-corrected chi connectivity index (χ1v) is 6.55. The van der Waals surface area contributed by atoms with Crippen molar-refractivity contribution in [2.45, 2.75) is 0 Å². The van der Waals surface area contributed by atoms with Crippen molar-refractivity contribution in [3.05, 3.63) is 47.5 Å². The van der Waals surface area contributed by atoms with E-state index in [9.17, 15) is 0 Å². The van der Waals surface area contributed by atoms with Crippen LogP contribution in [0.25, 0.3) is 16.7 Å². The Morgan fingerprint density at radius 2 is 2.00 bits per heavy atom. The van der Waals surface area contributed by atoms with Crippen LogP contribution in [-0.4, -0.2) is 13.9 Å². The molecule has 4 nitrogen and oxygen atoms in total. The molecule has 2 aromatic carbocycles. The van der Waals surface area contributed by atoms with Crippen LogP contribution < -0.4 is 14.2 Å². The van der Waals surface area contributed by atoms with Gasteiger partial charge < -0.3 is 14.2 Å². The molecule has 0 unspecified atom stereocenters. The topological polar surface area (TPSA) is 51.5 Å². The third kappa shape index (κ3) is 1.55. The summed E-state index contributed by atoms with van der Waals surface area (Å²) in [6.07, 6.45) is 1.55. The Balaban J connectivity index is 2.05. The summed E-state index contributed by atoms with van der Waals surface area (Å²) in [6, 6.07) is 11.9. The molecule has 4 rings (SSSR count). The minimum atomic E-state index is 0.214. The van der Waals surface area contributed by atoms with Crippen molar-refractivity contribution in [1.29, 1.82) is 5.26 Å². The number of allylic oxidation sites excluding steroid dienone is 1. The van der Waals surface area contributed by atoms with E-state index in [1.165, 1.54) is 0 Å². The normalized spacial score (nSPS) is 15.5. The molecule has 0 N–H and O–H groups in total. The molecule has 2 aliphatic rings. The summed E-state index contributed by atoms with van der Waals surface area (Å²) in [7, 11) is 1.63. The molecule has 0 spiro atoms. The first-order chi connectivity index (χ1) is 10.3. The van der Waals surface area contributed by atoms with Gasteiger partial charge in [0.15, 0.2) is 11.5 Å². The number of benzene rings is 2. The summed E-state index contributed by atoms with van der Waals surface area (Å²) in [5.74, 6) is 2.20. The van der Waals surface area contributed by atoms with Gasteiger partial charge in [0, 0.05) is 17.2 Å². The average Bonchev–Trinajstić information content (AvgIpc) is 3.10. The lowest BCUT2D eigenvalue weighted by Gasteiger charge is -2.05. The van der Waals surface area contributed by atoms with Crippen LogP contribution in [0.3, 0.4) is 0 Å². The van der Waals surface area contributed by atoms with Crippen molar-refractivity contribution < 1.29 is 14.2 Å². The highest BCUT2D eigenvalue weighted by Gasteiger charge is 2.31. The van der Waals surface area contributed by atoms with Gasteiger partial charge in [-0.15, -0.1) is 0 Å². The first kappa shape index (κ1) is 11.9. The van der Waals surface area contributed by atoms with E-state index >= 15 is 0 Å². The zero-order valence-corrected chi connectivity index (χ0v) is 11.3. The number of nitriles is 1. The van der Waals surface area contributed by atoms with Crippen LogP contribution in [0.1, 0.15) is 11.1 Å². The van der Waals surface area contributed by atoms with Crippen LogP contribution in [0.2, 0.25) is 0 Å². The number of hydrogen-bond acceptors (Lipinski definition) is 4. The molecule has 1 heterocycles. The minimum Gasteiger partial charge on any atom is -0.497 e. The van der Waals surface area contributed by atoms with Gasteiger partial charge in [0.2, 0.25) is 6.79 Å². The van der Waals surface area contributed by atoms with Crippen LogP contribution >= 0.6 is 0 Å². The fourth-order valence-corrected chi connectivity index (χ4v) is 2.92. The SMILES string of the molecule is COc1ccc2c(c1)/C(=C\C#N)c1c-2ccc2c1OCO2.